The molecule has 3 aromatic rings. The number of hydrogen-bond donors (Lipinski definition) is 2. The molecule has 0 aliphatic carbocycles. The lowest BCUT2D eigenvalue weighted by Gasteiger charge is -2.10. The molecule has 2 N–H and O–H groups in total. The normalized spacial score (nSPS) is 10.0. The number of anilines is 3. The van der Waals surface area contributed by atoms with Crippen molar-refractivity contribution in [1.29, 1.82) is 5.26 Å². The quantitative estimate of drug-likeness (QED) is 0.748. The van der Waals surface area contributed by atoms with Crippen molar-refractivity contribution in [3.8, 4) is 6.07 Å². The zero-order valence-electron chi connectivity index (χ0n) is 14.4. The van der Waals surface area contributed by atoms with Crippen LogP contribution in [0.1, 0.15) is 27.2 Å². The van der Waals surface area contributed by atoms with Gasteiger partial charge in [-0.05, 0) is 49.7 Å². The predicted molar refractivity (Wildman–Crippen MR) is 100 cm³/mol. The lowest BCUT2D eigenvalue weighted by molar-refractivity contribution is 0.102. The second kappa shape index (κ2) is 7.45. The van der Waals surface area contributed by atoms with Crippen molar-refractivity contribution in [2.45, 2.75) is 13.8 Å². The van der Waals surface area contributed by atoms with Crippen molar-refractivity contribution in [2.75, 3.05) is 10.6 Å². The summed E-state index contributed by atoms with van der Waals surface area (Å²) in [5, 5.41) is 14.8. The summed E-state index contributed by atoms with van der Waals surface area (Å²) < 4.78 is 0. The molecule has 1 amide bonds. The first-order valence-corrected chi connectivity index (χ1v) is 8.03. The van der Waals surface area contributed by atoms with Gasteiger partial charge in [-0.3, -0.25) is 4.79 Å². The SMILES string of the molecule is Cc1ccc(NC(=O)c2cc(Nc3ccc(C#N)cc3)ncn2)c(C)c1. The minimum absolute atomic E-state index is 0.260. The molecule has 0 spiro atoms. The van der Waals surface area contributed by atoms with Crippen LogP contribution in [0.4, 0.5) is 17.2 Å². The van der Waals surface area contributed by atoms with Crippen LogP contribution in [0.25, 0.3) is 0 Å². The fraction of sp³-hybridized carbons (Fsp3) is 0.100. The molecule has 0 aliphatic rings. The molecule has 2 aromatic carbocycles. The summed E-state index contributed by atoms with van der Waals surface area (Å²) in [7, 11) is 0. The Balaban J connectivity index is 1.75. The van der Waals surface area contributed by atoms with Crippen LogP contribution in [0, 0.1) is 25.2 Å². The first-order valence-electron chi connectivity index (χ1n) is 8.03. The maximum Gasteiger partial charge on any atom is 0.274 e. The highest BCUT2D eigenvalue weighted by atomic mass is 16.1. The number of rotatable bonds is 4. The third-order valence-electron chi connectivity index (χ3n) is 3.82. The maximum atomic E-state index is 12.5. The molecule has 0 radical (unpaired) electrons. The molecular formula is C20H17N5O. The van der Waals surface area contributed by atoms with Gasteiger partial charge in [0.25, 0.3) is 5.91 Å². The number of amides is 1. The molecule has 0 aliphatic heterocycles. The van der Waals surface area contributed by atoms with Crippen molar-refractivity contribution < 1.29 is 4.79 Å². The molecule has 0 unspecified atom stereocenters. The van der Waals surface area contributed by atoms with Gasteiger partial charge in [0.2, 0.25) is 0 Å². The van der Waals surface area contributed by atoms with Crippen molar-refractivity contribution in [3.05, 3.63) is 77.2 Å². The molecule has 1 heterocycles. The molecule has 1 aromatic heterocycles. The second-order valence-electron chi connectivity index (χ2n) is 5.88. The van der Waals surface area contributed by atoms with Crippen LogP contribution in [0.3, 0.4) is 0 Å². The highest BCUT2D eigenvalue weighted by molar-refractivity contribution is 6.03. The molecule has 3 rings (SSSR count). The number of aryl methyl sites for hydroxylation is 2. The van der Waals surface area contributed by atoms with E-state index in [9.17, 15) is 4.79 Å². The summed E-state index contributed by atoms with van der Waals surface area (Å²) in [5.41, 5.74) is 4.48. The fourth-order valence-electron chi connectivity index (χ4n) is 2.47. The number of aromatic nitrogens is 2. The number of carbonyl (C=O) groups is 1. The van der Waals surface area contributed by atoms with Crippen LogP contribution in [-0.4, -0.2) is 15.9 Å². The van der Waals surface area contributed by atoms with E-state index in [1.165, 1.54) is 6.33 Å². The number of benzene rings is 2. The van der Waals surface area contributed by atoms with Gasteiger partial charge in [0.15, 0.2) is 0 Å². The zero-order valence-corrected chi connectivity index (χ0v) is 14.4. The van der Waals surface area contributed by atoms with E-state index in [4.69, 9.17) is 5.26 Å². The van der Waals surface area contributed by atoms with Gasteiger partial charge in [0.1, 0.15) is 17.8 Å². The van der Waals surface area contributed by atoms with Gasteiger partial charge >= 0.3 is 0 Å². The van der Waals surface area contributed by atoms with E-state index >= 15 is 0 Å². The monoisotopic (exact) mass is 343 g/mol. The van der Waals surface area contributed by atoms with E-state index in [2.05, 4.69) is 26.7 Å². The fourth-order valence-corrected chi connectivity index (χ4v) is 2.47. The molecule has 128 valence electrons. The van der Waals surface area contributed by atoms with E-state index in [1.54, 1.807) is 30.3 Å². The lowest BCUT2D eigenvalue weighted by Crippen LogP contribution is -2.15. The molecule has 0 bridgehead atoms. The largest absolute Gasteiger partial charge is 0.340 e. The first-order chi connectivity index (χ1) is 12.5. The summed E-state index contributed by atoms with van der Waals surface area (Å²) in [4.78, 5) is 20.6. The van der Waals surface area contributed by atoms with Crippen LogP contribution in [0.5, 0.6) is 0 Å². The van der Waals surface area contributed by atoms with Crippen LogP contribution in [-0.2, 0) is 0 Å². The maximum absolute atomic E-state index is 12.5. The summed E-state index contributed by atoms with van der Waals surface area (Å²) in [6.45, 7) is 3.95. The van der Waals surface area contributed by atoms with E-state index in [1.807, 2.05) is 32.0 Å². The summed E-state index contributed by atoms with van der Waals surface area (Å²) >= 11 is 0. The van der Waals surface area contributed by atoms with Crippen LogP contribution < -0.4 is 10.6 Å². The molecule has 0 saturated carbocycles. The Morgan fingerprint density at radius 3 is 2.50 bits per heavy atom. The van der Waals surface area contributed by atoms with Gasteiger partial charge in [0.05, 0.1) is 11.6 Å². The van der Waals surface area contributed by atoms with E-state index in [0.29, 0.717) is 11.4 Å². The number of carbonyl (C=O) groups excluding carboxylic acids is 1. The van der Waals surface area contributed by atoms with Crippen LogP contribution in [0.2, 0.25) is 0 Å². The third-order valence-corrected chi connectivity index (χ3v) is 3.82. The molecule has 0 saturated heterocycles. The number of nitrogens with one attached hydrogen (secondary N) is 2. The molecular weight excluding hydrogens is 326 g/mol. The van der Waals surface area contributed by atoms with Gasteiger partial charge in [-0.25, -0.2) is 9.97 Å². The predicted octanol–water partition coefficient (Wildman–Crippen LogP) is 3.96. The van der Waals surface area contributed by atoms with E-state index < -0.39 is 0 Å². The standard InChI is InChI=1S/C20H17N5O/c1-13-3-8-17(14(2)9-13)25-20(26)18-10-19(23-12-22-18)24-16-6-4-15(11-21)5-7-16/h3-10,12H,1-2H3,(H,25,26)(H,22,23,24). The van der Waals surface area contributed by atoms with Gasteiger partial charge in [-0.2, -0.15) is 5.26 Å². The Morgan fingerprint density at radius 2 is 1.81 bits per heavy atom. The topological polar surface area (TPSA) is 90.7 Å². The second-order valence-corrected chi connectivity index (χ2v) is 5.88. The van der Waals surface area contributed by atoms with Crippen molar-refractivity contribution >= 4 is 23.1 Å². The lowest BCUT2D eigenvalue weighted by atomic mass is 10.1. The number of hydrogen-bond acceptors (Lipinski definition) is 5. The first kappa shape index (κ1) is 17.1. The van der Waals surface area contributed by atoms with E-state index in [-0.39, 0.29) is 11.6 Å². The zero-order chi connectivity index (χ0) is 18.5. The van der Waals surface area contributed by atoms with Crippen LogP contribution >= 0.6 is 0 Å². The van der Waals surface area contributed by atoms with Crippen molar-refractivity contribution in [1.82, 2.24) is 9.97 Å². The molecule has 6 heteroatoms. The van der Waals surface area contributed by atoms with Gasteiger partial charge in [0, 0.05) is 17.4 Å². The third kappa shape index (κ3) is 4.02. The van der Waals surface area contributed by atoms with Crippen molar-refractivity contribution in [3.63, 3.8) is 0 Å². The number of nitrogens with zero attached hydrogens (tertiary/aromatic N) is 3. The van der Waals surface area contributed by atoms with Crippen LogP contribution in [0.15, 0.2) is 54.9 Å². The average molecular weight is 343 g/mol. The summed E-state index contributed by atoms with van der Waals surface area (Å²) in [6, 6.07) is 16.4. The molecule has 26 heavy (non-hydrogen) atoms. The Labute approximate surface area is 151 Å². The highest BCUT2D eigenvalue weighted by Gasteiger charge is 2.11. The summed E-state index contributed by atoms with van der Waals surface area (Å²) in [5.74, 6) is 0.192. The van der Waals surface area contributed by atoms with E-state index in [0.717, 1.165) is 22.5 Å². The molecule has 0 atom stereocenters. The Morgan fingerprint density at radius 1 is 1.04 bits per heavy atom. The number of nitriles is 1. The Kier molecular flexibility index (Phi) is 4.90. The minimum Gasteiger partial charge on any atom is -0.340 e. The smallest absolute Gasteiger partial charge is 0.274 e. The van der Waals surface area contributed by atoms with Gasteiger partial charge in [-0.15, -0.1) is 0 Å². The average Bonchev–Trinajstić information content (AvgIpc) is 2.65. The van der Waals surface area contributed by atoms with Gasteiger partial charge in [-0.1, -0.05) is 17.7 Å². The Hall–Kier alpha value is -3.72. The molecule has 6 nitrogen and oxygen atoms in total. The van der Waals surface area contributed by atoms with Crippen molar-refractivity contribution in [2.24, 2.45) is 0 Å². The summed E-state index contributed by atoms with van der Waals surface area (Å²) in [6.07, 6.45) is 1.34. The van der Waals surface area contributed by atoms with Gasteiger partial charge < -0.3 is 10.6 Å². The highest BCUT2D eigenvalue weighted by Crippen LogP contribution is 2.18. The Bertz CT molecular complexity index is 990. The molecule has 0 fully saturated rings. The minimum atomic E-state index is -0.303.